The molecule has 0 spiro atoms. The maximum absolute atomic E-state index is 4.95. The molecule has 5 nitrogen and oxygen atoms in total. The molecule has 4 heterocycles. The lowest BCUT2D eigenvalue weighted by Crippen LogP contribution is -2.21. The summed E-state index contributed by atoms with van der Waals surface area (Å²) in [5.41, 5.74) is 3.28. The van der Waals surface area contributed by atoms with Gasteiger partial charge in [-0.2, -0.15) is 0 Å². The summed E-state index contributed by atoms with van der Waals surface area (Å²) in [5.74, 6) is 3.95. The smallest absolute Gasteiger partial charge is 0.159 e. The van der Waals surface area contributed by atoms with Crippen molar-refractivity contribution < 1.29 is 0 Å². The highest BCUT2D eigenvalue weighted by atomic mass is 15.2. The second-order valence-electron chi connectivity index (χ2n) is 8.28. The summed E-state index contributed by atoms with van der Waals surface area (Å²) in [4.78, 5) is 21.5. The molecule has 0 amide bonds. The summed E-state index contributed by atoms with van der Waals surface area (Å²) < 4.78 is 0. The van der Waals surface area contributed by atoms with E-state index in [1.54, 1.807) is 0 Å². The molecule has 1 saturated heterocycles. The first-order valence-corrected chi connectivity index (χ1v) is 10.2. The van der Waals surface area contributed by atoms with Gasteiger partial charge in [-0.05, 0) is 56.4 Å². The quantitative estimate of drug-likeness (QED) is 0.701. The molecule has 0 radical (unpaired) electrons. The first-order chi connectivity index (χ1) is 13.3. The Labute approximate surface area is 158 Å². The van der Waals surface area contributed by atoms with E-state index in [9.17, 15) is 0 Å². The van der Waals surface area contributed by atoms with E-state index >= 15 is 0 Å². The third-order valence-electron chi connectivity index (χ3n) is 6.10. The molecule has 0 aromatic carbocycles. The summed E-state index contributed by atoms with van der Waals surface area (Å²) >= 11 is 0. The molecule has 27 heavy (non-hydrogen) atoms. The molecule has 3 aromatic rings. The number of aromatic nitrogens is 4. The third-order valence-corrected chi connectivity index (χ3v) is 6.10. The SMILES string of the molecule is c1cnc2nc(C3CCN(c4cc(C5CC5)nc(C5CC5)n4)C3)ccc2c1. The van der Waals surface area contributed by atoms with Crippen molar-refractivity contribution in [3.63, 3.8) is 0 Å². The highest BCUT2D eigenvalue weighted by Crippen LogP contribution is 2.44. The van der Waals surface area contributed by atoms with Gasteiger partial charge < -0.3 is 4.90 Å². The highest BCUT2D eigenvalue weighted by molar-refractivity contribution is 5.74. The third kappa shape index (κ3) is 2.95. The molecule has 6 rings (SSSR count). The summed E-state index contributed by atoms with van der Waals surface area (Å²) in [6.45, 7) is 2.02. The number of rotatable bonds is 4. The van der Waals surface area contributed by atoms with Crippen LogP contribution in [0.1, 0.15) is 67.1 Å². The summed E-state index contributed by atoms with van der Waals surface area (Å²) in [5, 5.41) is 1.11. The number of fused-ring (bicyclic) bond motifs is 1. The molecule has 2 saturated carbocycles. The van der Waals surface area contributed by atoms with Crippen molar-refractivity contribution in [2.24, 2.45) is 0 Å². The molecular weight excluding hydrogens is 334 g/mol. The van der Waals surface area contributed by atoms with Crippen molar-refractivity contribution in [1.82, 2.24) is 19.9 Å². The number of anilines is 1. The zero-order valence-electron chi connectivity index (χ0n) is 15.4. The maximum Gasteiger partial charge on any atom is 0.159 e. The van der Waals surface area contributed by atoms with Gasteiger partial charge in [0.05, 0.1) is 0 Å². The number of hydrogen-bond acceptors (Lipinski definition) is 5. The Morgan fingerprint density at radius 1 is 0.815 bits per heavy atom. The molecule has 5 heteroatoms. The van der Waals surface area contributed by atoms with Crippen LogP contribution in [0.2, 0.25) is 0 Å². The van der Waals surface area contributed by atoms with E-state index in [4.69, 9.17) is 15.0 Å². The second-order valence-corrected chi connectivity index (χ2v) is 8.28. The van der Waals surface area contributed by atoms with Gasteiger partial charge in [-0.15, -0.1) is 0 Å². The van der Waals surface area contributed by atoms with Crippen LogP contribution in [0.25, 0.3) is 11.0 Å². The Morgan fingerprint density at radius 2 is 1.70 bits per heavy atom. The lowest BCUT2D eigenvalue weighted by Gasteiger charge is -2.19. The Hall–Kier alpha value is -2.56. The molecular formula is C22H23N5. The van der Waals surface area contributed by atoms with Crippen molar-refractivity contribution in [2.45, 2.75) is 49.9 Å². The van der Waals surface area contributed by atoms with Crippen LogP contribution >= 0.6 is 0 Å². The summed E-state index contributed by atoms with van der Waals surface area (Å²) in [6, 6.07) is 10.6. The molecule has 0 N–H and O–H groups in total. The largest absolute Gasteiger partial charge is 0.356 e. The first-order valence-electron chi connectivity index (χ1n) is 10.2. The number of pyridine rings is 2. The van der Waals surface area contributed by atoms with Crippen LogP contribution in [0.5, 0.6) is 0 Å². The van der Waals surface area contributed by atoms with Gasteiger partial charge in [-0.3, -0.25) is 0 Å². The minimum atomic E-state index is 0.445. The molecule has 3 fully saturated rings. The van der Waals surface area contributed by atoms with E-state index in [0.717, 1.165) is 47.9 Å². The van der Waals surface area contributed by atoms with E-state index < -0.39 is 0 Å². The van der Waals surface area contributed by atoms with E-state index in [2.05, 4.69) is 34.1 Å². The zero-order chi connectivity index (χ0) is 17.8. The topological polar surface area (TPSA) is 54.8 Å². The maximum atomic E-state index is 4.95. The van der Waals surface area contributed by atoms with Crippen LogP contribution in [0.3, 0.4) is 0 Å². The molecule has 1 aliphatic heterocycles. The van der Waals surface area contributed by atoms with Crippen LogP contribution in [-0.4, -0.2) is 33.0 Å². The predicted molar refractivity (Wildman–Crippen MR) is 105 cm³/mol. The Morgan fingerprint density at radius 3 is 2.56 bits per heavy atom. The molecule has 2 aliphatic carbocycles. The minimum Gasteiger partial charge on any atom is -0.356 e. The lowest BCUT2D eigenvalue weighted by atomic mass is 10.0. The minimum absolute atomic E-state index is 0.445. The van der Waals surface area contributed by atoms with Crippen molar-refractivity contribution in [1.29, 1.82) is 0 Å². The fourth-order valence-electron chi connectivity index (χ4n) is 4.15. The highest BCUT2D eigenvalue weighted by Gasteiger charge is 2.33. The zero-order valence-corrected chi connectivity index (χ0v) is 15.4. The van der Waals surface area contributed by atoms with Gasteiger partial charge in [0.25, 0.3) is 0 Å². The number of nitrogens with zero attached hydrogens (tertiary/aromatic N) is 5. The summed E-state index contributed by atoms with van der Waals surface area (Å²) in [6.07, 6.45) is 8.02. The molecule has 1 unspecified atom stereocenters. The van der Waals surface area contributed by atoms with Crippen LogP contribution in [0.15, 0.2) is 36.5 Å². The molecule has 1 atom stereocenters. The van der Waals surface area contributed by atoms with Gasteiger partial charge in [0, 0.05) is 59.9 Å². The van der Waals surface area contributed by atoms with Crippen molar-refractivity contribution >= 4 is 16.9 Å². The molecule has 0 bridgehead atoms. The van der Waals surface area contributed by atoms with Crippen molar-refractivity contribution in [3.05, 3.63) is 53.7 Å². The van der Waals surface area contributed by atoms with Crippen LogP contribution in [0, 0.1) is 0 Å². The van der Waals surface area contributed by atoms with Crippen molar-refractivity contribution in [2.75, 3.05) is 18.0 Å². The van der Waals surface area contributed by atoms with E-state index in [1.165, 1.54) is 31.4 Å². The lowest BCUT2D eigenvalue weighted by molar-refractivity contribution is 0.746. The van der Waals surface area contributed by atoms with E-state index in [0.29, 0.717) is 17.8 Å². The van der Waals surface area contributed by atoms with Gasteiger partial charge in [0.2, 0.25) is 0 Å². The monoisotopic (exact) mass is 357 g/mol. The average molecular weight is 357 g/mol. The normalized spacial score (nSPS) is 22.5. The standard InChI is InChI=1S/C22H23N5/c1-2-15-7-8-18(24-21(15)23-10-1)17-9-11-27(13-17)20-12-19(14-3-4-14)25-22(26-20)16-5-6-16/h1-2,7-8,10,12,14,16-17H,3-6,9,11,13H2. The Kier molecular flexibility index (Phi) is 3.43. The average Bonchev–Trinajstić information content (AvgIpc) is 3.64. The van der Waals surface area contributed by atoms with Gasteiger partial charge in [-0.1, -0.05) is 0 Å². The second kappa shape index (κ2) is 5.98. The van der Waals surface area contributed by atoms with Gasteiger partial charge >= 0.3 is 0 Å². The molecule has 136 valence electrons. The van der Waals surface area contributed by atoms with Crippen molar-refractivity contribution in [3.8, 4) is 0 Å². The van der Waals surface area contributed by atoms with Crippen LogP contribution in [-0.2, 0) is 0 Å². The summed E-state index contributed by atoms with van der Waals surface area (Å²) in [7, 11) is 0. The Bertz CT molecular complexity index is 978. The fourth-order valence-corrected chi connectivity index (χ4v) is 4.15. The van der Waals surface area contributed by atoms with Gasteiger partial charge in [-0.25, -0.2) is 19.9 Å². The number of hydrogen-bond donors (Lipinski definition) is 0. The molecule has 3 aromatic heterocycles. The Balaban J connectivity index is 1.28. The van der Waals surface area contributed by atoms with Crippen LogP contribution in [0.4, 0.5) is 5.82 Å². The van der Waals surface area contributed by atoms with Gasteiger partial charge in [0.1, 0.15) is 11.6 Å². The van der Waals surface area contributed by atoms with E-state index in [-0.39, 0.29) is 0 Å². The van der Waals surface area contributed by atoms with Gasteiger partial charge in [0.15, 0.2) is 5.65 Å². The van der Waals surface area contributed by atoms with E-state index in [1.807, 2.05) is 12.3 Å². The fraction of sp³-hybridized carbons (Fsp3) is 0.455. The van der Waals surface area contributed by atoms with Crippen LogP contribution < -0.4 is 4.90 Å². The first kappa shape index (κ1) is 15.5. The molecule has 3 aliphatic rings. The predicted octanol–water partition coefficient (Wildman–Crippen LogP) is 4.17.